The number of aliphatic hydroxyl groups excluding tert-OH is 1. The van der Waals surface area contributed by atoms with Gasteiger partial charge < -0.3 is 14.7 Å². The molecular formula is C20H19F3N2O4. The van der Waals surface area contributed by atoms with E-state index in [9.17, 15) is 23.1 Å². The predicted molar refractivity (Wildman–Crippen MR) is 101 cm³/mol. The minimum absolute atomic E-state index is 0.182. The van der Waals surface area contributed by atoms with E-state index in [1.165, 1.54) is 45.4 Å². The summed E-state index contributed by atoms with van der Waals surface area (Å²) < 4.78 is 43.4. The molecule has 0 bridgehead atoms. The van der Waals surface area contributed by atoms with E-state index >= 15 is 0 Å². The molecule has 0 fully saturated rings. The van der Waals surface area contributed by atoms with Crippen molar-refractivity contribution in [2.24, 2.45) is 10.1 Å². The summed E-state index contributed by atoms with van der Waals surface area (Å²) in [7, 11) is 2.42. The third-order valence-electron chi connectivity index (χ3n) is 3.98. The SMILES string of the molecule is CO/N=C(/C(=O)OC)c1ccccc1C(O)/N=C(\C)c1cccc(C(F)(F)F)c1. The molecule has 0 heterocycles. The summed E-state index contributed by atoms with van der Waals surface area (Å²) in [5.74, 6) is -0.787. The van der Waals surface area contributed by atoms with Crippen molar-refractivity contribution in [3.05, 3.63) is 70.8 Å². The molecule has 0 aliphatic carbocycles. The zero-order valence-electron chi connectivity index (χ0n) is 15.9. The van der Waals surface area contributed by atoms with E-state index < -0.39 is 23.9 Å². The fourth-order valence-electron chi connectivity index (χ4n) is 2.57. The highest BCUT2D eigenvalue weighted by molar-refractivity contribution is 6.43. The molecule has 2 aromatic carbocycles. The monoisotopic (exact) mass is 408 g/mol. The molecule has 0 spiro atoms. The van der Waals surface area contributed by atoms with Gasteiger partial charge in [0.1, 0.15) is 7.11 Å². The number of methoxy groups -OCH3 is 1. The number of aliphatic imine (C=N–C) groups is 1. The summed E-state index contributed by atoms with van der Waals surface area (Å²) in [6.45, 7) is 1.48. The molecule has 2 rings (SSSR count). The molecule has 29 heavy (non-hydrogen) atoms. The second kappa shape index (κ2) is 9.33. The van der Waals surface area contributed by atoms with Crippen molar-refractivity contribution >= 4 is 17.4 Å². The normalized spacial score (nSPS) is 13.8. The van der Waals surface area contributed by atoms with Crippen LogP contribution in [0, 0.1) is 0 Å². The van der Waals surface area contributed by atoms with Crippen molar-refractivity contribution < 1.29 is 32.6 Å². The van der Waals surface area contributed by atoms with Crippen molar-refractivity contribution in [1.82, 2.24) is 0 Å². The summed E-state index contributed by atoms with van der Waals surface area (Å²) in [6, 6.07) is 10.9. The first kappa shape index (κ1) is 22.1. The second-order valence-corrected chi connectivity index (χ2v) is 5.87. The first-order chi connectivity index (χ1) is 13.7. The molecule has 154 valence electrons. The number of benzene rings is 2. The standard InChI is InChI=1S/C20H19F3N2O4/c1-12(13-7-6-8-14(11-13)20(21,22)23)24-18(26)16-10-5-4-9-15(16)17(25-29-3)19(27)28-2/h4-11,18,26H,1-3H3/b24-12+,25-17+. The molecule has 2 aromatic rings. The van der Waals surface area contributed by atoms with E-state index in [0.717, 1.165) is 12.1 Å². The molecule has 0 aromatic heterocycles. The van der Waals surface area contributed by atoms with Crippen LogP contribution in [-0.2, 0) is 20.5 Å². The van der Waals surface area contributed by atoms with Crippen molar-refractivity contribution in [3.8, 4) is 0 Å². The minimum Gasteiger partial charge on any atom is -0.464 e. The van der Waals surface area contributed by atoms with Gasteiger partial charge in [-0.3, -0.25) is 4.99 Å². The number of alkyl halides is 3. The lowest BCUT2D eigenvalue weighted by molar-refractivity contribution is -0.137. The lowest BCUT2D eigenvalue weighted by Crippen LogP contribution is -2.20. The Morgan fingerprint density at radius 3 is 2.41 bits per heavy atom. The quantitative estimate of drug-likeness (QED) is 0.449. The van der Waals surface area contributed by atoms with Gasteiger partial charge in [0.2, 0.25) is 0 Å². The smallest absolute Gasteiger partial charge is 0.416 e. The zero-order valence-corrected chi connectivity index (χ0v) is 15.9. The third-order valence-corrected chi connectivity index (χ3v) is 3.98. The van der Waals surface area contributed by atoms with Gasteiger partial charge in [-0.25, -0.2) is 4.79 Å². The largest absolute Gasteiger partial charge is 0.464 e. The average molecular weight is 408 g/mol. The van der Waals surface area contributed by atoms with E-state index in [4.69, 9.17) is 0 Å². The Bertz CT molecular complexity index is 939. The van der Waals surface area contributed by atoms with Crippen molar-refractivity contribution in [2.45, 2.75) is 19.3 Å². The van der Waals surface area contributed by atoms with Gasteiger partial charge in [0, 0.05) is 16.8 Å². The van der Waals surface area contributed by atoms with Crippen LogP contribution in [0.4, 0.5) is 13.2 Å². The number of nitrogens with zero attached hydrogens (tertiary/aromatic N) is 2. The van der Waals surface area contributed by atoms with E-state index in [1.54, 1.807) is 12.1 Å². The molecule has 0 aliphatic heterocycles. The summed E-state index contributed by atoms with van der Waals surface area (Å²) in [4.78, 5) is 20.8. The van der Waals surface area contributed by atoms with Crippen molar-refractivity contribution in [2.75, 3.05) is 14.2 Å². The van der Waals surface area contributed by atoms with Crippen molar-refractivity contribution in [1.29, 1.82) is 0 Å². The molecule has 6 nitrogen and oxygen atoms in total. The molecule has 9 heteroatoms. The summed E-state index contributed by atoms with van der Waals surface area (Å²) in [6.07, 6.45) is -5.96. The van der Waals surface area contributed by atoms with Gasteiger partial charge in [-0.2, -0.15) is 13.2 Å². The Morgan fingerprint density at radius 1 is 1.10 bits per heavy atom. The number of halogens is 3. The van der Waals surface area contributed by atoms with E-state index in [1.807, 2.05) is 0 Å². The highest BCUT2D eigenvalue weighted by Gasteiger charge is 2.30. The molecule has 1 unspecified atom stereocenters. The summed E-state index contributed by atoms with van der Waals surface area (Å²) in [5, 5.41) is 14.2. The number of hydrogen-bond donors (Lipinski definition) is 1. The van der Waals surface area contributed by atoms with Crippen LogP contribution in [0.25, 0.3) is 0 Å². The van der Waals surface area contributed by atoms with E-state index in [-0.39, 0.29) is 28.1 Å². The Balaban J connectivity index is 2.45. The third kappa shape index (κ3) is 5.41. The number of rotatable bonds is 6. The maximum atomic E-state index is 12.9. The maximum Gasteiger partial charge on any atom is 0.416 e. The molecule has 0 radical (unpaired) electrons. The number of esters is 1. The van der Waals surface area contributed by atoms with Gasteiger partial charge in [0.05, 0.1) is 12.7 Å². The van der Waals surface area contributed by atoms with Gasteiger partial charge in [-0.1, -0.05) is 41.6 Å². The number of hydrogen-bond acceptors (Lipinski definition) is 6. The van der Waals surface area contributed by atoms with Crippen LogP contribution in [0.15, 0.2) is 58.7 Å². The van der Waals surface area contributed by atoms with Gasteiger partial charge in [-0.15, -0.1) is 0 Å². The van der Waals surface area contributed by atoms with Crippen LogP contribution in [0.5, 0.6) is 0 Å². The average Bonchev–Trinajstić information content (AvgIpc) is 2.70. The molecule has 0 aliphatic rings. The number of oxime groups is 1. The van der Waals surface area contributed by atoms with E-state index in [2.05, 4.69) is 19.7 Å². The maximum absolute atomic E-state index is 12.9. The Labute approximate surface area is 165 Å². The fourth-order valence-corrected chi connectivity index (χ4v) is 2.57. The Kier molecular flexibility index (Phi) is 7.11. The zero-order chi connectivity index (χ0) is 21.6. The van der Waals surface area contributed by atoms with Gasteiger partial charge in [0.15, 0.2) is 11.9 Å². The Hall–Kier alpha value is -3.20. The van der Waals surface area contributed by atoms with E-state index in [0.29, 0.717) is 0 Å². The minimum atomic E-state index is -4.49. The Morgan fingerprint density at radius 2 is 1.79 bits per heavy atom. The van der Waals surface area contributed by atoms with Crippen molar-refractivity contribution in [3.63, 3.8) is 0 Å². The highest BCUT2D eigenvalue weighted by Crippen LogP contribution is 2.30. The van der Waals surface area contributed by atoms with Crippen LogP contribution in [-0.4, -0.2) is 36.7 Å². The summed E-state index contributed by atoms with van der Waals surface area (Å²) in [5.41, 5.74) is -0.192. The first-order valence-electron chi connectivity index (χ1n) is 8.38. The molecular weight excluding hydrogens is 389 g/mol. The highest BCUT2D eigenvalue weighted by atomic mass is 19.4. The number of carbonyl (C=O) groups is 1. The van der Waals surface area contributed by atoms with Crippen LogP contribution >= 0.6 is 0 Å². The summed E-state index contributed by atoms with van der Waals surface area (Å²) >= 11 is 0. The number of carbonyl (C=O) groups excluding carboxylic acids is 1. The topological polar surface area (TPSA) is 80.5 Å². The first-order valence-corrected chi connectivity index (χ1v) is 8.38. The predicted octanol–water partition coefficient (Wildman–Crippen LogP) is 3.73. The molecule has 1 atom stereocenters. The van der Waals surface area contributed by atoms with Crippen LogP contribution in [0.3, 0.4) is 0 Å². The lowest BCUT2D eigenvalue weighted by atomic mass is 10.0. The second-order valence-electron chi connectivity index (χ2n) is 5.87. The molecule has 0 amide bonds. The number of ether oxygens (including phenoxy) is 1. The molecule has 1 N–H and O–H groups in total. The van der Waals surface area contributed by atoms with Gasteiger partial charge >= 0.3 is 12.1 Å². The fraction of sp³-hybridized carbons (Fsp3) is 0.250. The van der Waals surface area contributed by atoms with Gasteiger partial charge in [0.25, 0.3) is 0 Å². The number of aliphatic hydroxyl groups is 1. The molecule has 0 saturated heterocycles. The van der Waals surface area contributed by atoms with Gasteiger partial charge in [-0.05, 0) is 24.6 Å². The van der Waals surface area contributed by atoms with Crippen LogP contribution < -0.4 is 0 Å². The van der Waals surface area contributed by atoms with Crippen LogP contribution in [0.1, 0.15) is 35.4 Å². The lowest BCUT2D eigenvalue weighted by Gasteiger charge is -2.14. The molecule has 0 saturated carbocycles. The van der Waals surface area contributed by atoms with Crippen LogP contribution in [0.2, 0.25) is 0 Å².